The summed E-state index contributed by atoms with van der Waals surface area (Å²) >= 11 is 2.48. The highest BCUT2D eigenvalue weighted by Gasteiger charge is 2.26. The topological polar surface area (TPSA) is 68.7 Å². The maximum Gasteiger partial charge on any atom is 0.239 e. The van der Waals surface area contributed by atoms with Crippen molar-refractivity contribution in [3.63, 3.8) is 0 Å². The van der Waals surface area contributed by atoms with Crippen LogP contribution in [-0.2, 0) is 14.3 Å². The maximum atomic E-state index is 12.7. The molecule has 1 aromatic carbocycles. The lowest BCUT2D eigenvalue weighted by molar-refractivity contribution is -0.117. The molecule has 0 bridgehead atoms. The standard InChI is InChI=1S/C18H22N2O4S2/c1-3-23-13-6-7-15-16(9-13)26-18(19-15)20(10-14-5-4-8-24-14)17(22)11-25-12(2)21/h6-7,9,14H,3-5,8,10-11H2,1-2H3. The van der Waals surface area contributed by atoms with E-state index in [-0.39, 0.29) is 22.9 Å². The Kier molecular flexibility index (Phi) is 6.50. The van der Waals surface area contributed by atoms with Crippen LogP contribution in [0.1, 0.15) is 26.7 Å². The first-order valence-electron chi connectivity index (χ1n) is 8.65. The minimum Gasteiger partial charge on any atom is -0.494 e. The van der Waals surface area contributed by atoms with Crippen LogP contribution in [0.15, 0.2) is 18.2 Å². The van der Waals surface area contributed by atoms with Crippen LogP contribution < -0.4 is 9.64 Å². The van der Waals surface area contributed by atoms with Gasteiger partial charge in [0.05, 0.1) is 35.2 Å². The SMILES string of the molecule is CCOc1ccc2nc(N(CC3CCCO3)C(=O)CSC(C)=O)sc2c1. The number of hydrogen-bond donors (Lipinski definition) is 0. The van der Waals surface area contributed by atoms with Crippen molar-refractivity contribution >= 4 is 49.5 Å². The van der Waals surface area contributed by atoms with Crippen molar-refractivity contribution in [1.82, 2.24) is 4.98 Å². The molecular weight excluding hydrogens is 372 g/mol. The number of benzene rings is 1. The smallest absolute Gasteiger partial charge is 0.239 e. The van der Waals surface area contributed by atoms with Crippen LogP contribution in [0.5, 0.6) is 5.75 Å². The van der Waals surface area contributed by atoms with E-state index in [0.29, 0.717) is 18.3 Å². The van der Waals surface area contributed by atoms with Crippen molar-refractivity contribution in [2.75, 3.05) is 30.4 Å². The second-order valence-corrected chi connectivity index (χ2v) is 8.14. The number of fused-ring (bicyclic) bond motifs is 1. The molecule has 0 radical (unpaired) electrons. The minimum absolute atomic E-state index is 0.0206. The van der Waals surface area contributed by atoms with Crippen molar-refractivity contribution in [2.45, 2.75) is 32.8 Å². The summed E-state index contributed by atoms with van der Waals surface area (Å²) in [6, 6.07) is 5.73. The largest absolute Gasteiger partial charge is 0.494 e. The van der Waals surface area contributed by atoms with Crippen molar-refractivity contribution in [1.29, 1.82) is 0 Å². The highest BCUT2D eigenvalue weighted by Crippen LogP contribution is 2.32. The second-order valence-electron chi connectivity index (χ2n) is 5.98. The molecule has 8 heteroatoms. The maximum absolute atomic E-state index is 12.7. The average molecular weight is 395 g/mol. The monoisotopic (exact) mass is 394 g/mol. The third kappa shape index (κ3) is 4.75. The summed E-state index contributed by atoms with van der Waals surface area (Å²) in [6.45, 7) is 5.21. The van der Waals surface area contributed by atoms with Crippen LogP contribution in [0.4, 0.5) is 5.13 Å². The summed E-state index contributed by atoms with van der Waals surface area (Å²) in [4.78, 5) is 30.2. The molecule has 140 valence electrons. The number of amides is 1. The van der Waals surface area contributed by atoms with Gasteiger partial charge in [0, 0.05) is 13.5 Å². The Bertz CT molecular complexity index is 787. The molecule has 6 nitrogen and oxygen atoms in total. The van der Waals surface area contributed by atoms with Gasteiger partial charge >= 0.3 is 0 Å². The third-order valence-electron chi connectivity index (χ3n) is 4.00. The van der Waals surface area contributed by atoms with E-state index in [0.717, 1.165) is 47.2 Å². The number of thiazole rings is 1. The van der Waals surface area contributed by atoms with Crippen LogP contribution in [0.25, 0.3) is 10.2 Å². The molecular formula is C18H22N2O4S2. The number of hydrogen-bond acceptors (Lipinski definition) is 7. The Balaban J connectivity index is 1.85. The van der Waals surface area contributed by atoms with Gasteiger partial charge in [-0.25, -0.2) is 4.98 Å². The predicted octanol–water partition coefficient (Wildman–Crippen LogP) is 3.49. The van der Waals surface area contributed by atoms with Gasteiger partial charge in [0.25, 0.3) is 0 Å². The summed E-state index contributed by atoms with van der Waals surface area (Å²) in [5.74, 6) is 0.784. The normalized spacial score (nSPS) is 16.8. The van der Waals surface area contributed by atoms with Gasteiger partial charge in [-0.15, -0.1) is 0 Å². The van der Waals surface area contributed by atoms with Crippen LogP contribution >= 0.6 is 23.1 Å². The molecule has 1 aliphatic heterocycles. The van der Waals surface area contributed by atoms with E-state index in [4.69, 9.17) is 9.47 Å². The lowest BCUT2D eigenvalue weighted by atomic mass is 10.2. The Morgan fingerprint density at radius 2 is 2.31 bits per heavy atom. The first-order chi connectivity index (χ1) is 12.6. The fourth-order valence-electron chi connectivity index (χ4n) is 2.78. The van der Waals surface area contributed by atoms with Gasteiger partial charge in [-0.05, 0) is 38.0 Å². The van der Waals surface area contributed by atoms with Crippen LogP contribution in [0, 0.1) is 0 Å². The van der Waals surface area contributed by atoms with Crippen LogP contribution in [0.3, 0.4) is 0 Å². The van der Waals surface area contributed by atoms with E-state index in [2.05, 4.69) is 4.98 Å². The number of rotatable bonds is 7. The predicted molar refractivity (Wildman–Crippen MR) is 105 cm³/mol. The lowest BCUT2D eigenvalue weighted by Crippen LogP contribution is -2.38. The van der Waals surface area contributed by atoms with Gasteiger partial charge in [0.2, 0.25) is 5.91 Å². The molecule has 1 aromatic heterocycles. The average Bonchev–Trinajstić information content (AvgIpc) is 3.26. The number of aromatic nitrogens is 1. The number of ether oxygens (including phenoxy) is 2. The minimum atomic E-state index is -0.121. The summed E-state index contributed by atoms with van der Waals surface area (Å²) in [5, 5.41) is 0.569. The molecule has 1 atom stereocenters. The van der Waals surface area contributed by atoms with Gasteiger partial charge in [-0.3, -0.25) is 14.5 Å². The van der Waals surface area contributed by atoms with E-state index in [1.165, 1.54) is 18.3 Å². The summed E-state index contributed by atoms with van der Waals surface area (Å²) in [7, 11) is 0. The number of thioether (sulfide) groups is 1. The Labute approximate surface area is 160 Å². The summed E-state index contributed by atoms with van der Waals surface area (Å²) in [5.41, 5.74) is 0.831. The third-order valence-corrected chi connectivity index (χ3v) is 5.84. The zero-order valence-electron chi connectivity index (χ0n) is 14.9. The first-order valence-corrected chi connectivity index (χ1v) is 10.5. The molecule has 0 N–H and O–H groups in total. The summed E-state index contributed by atoms with van der Waals surface area (Å²) < 4.78 is 12.2. The van der Waals surface area contributed by atoms with Gasteiger partial charge in [-0.1, -0.05) is 23.1 Å². The number of carbonyl (C=O) groups is 2. The number of anilines is 1. The molecule has 26 heavy (non-hydrogen) atoms. The molecule has 1 fully saturated rings. The van der Waals surface area contributed by atoms with Gasteiger partial charge in [0.15, 0.2) is 10.2 Å². The van der Waals surface area contributed by atoms with Crippen molar-refractivity contribution < 1.29 is 19.1 Å². The molecule has 1 unspecified atom stereocenters. The molecule has 0 spiro atoms. The van der Waals surface area contributed by atoms with Crippen LogP contribution in [0.2, 0.25) is 0 Å². The Hall–Kier alpha value is -1.64. The summed E-state index contributed by atoms with van der Waals surface area (Å²) in [6.07, 6.45) is 1.96. The van der Waals surface area contributed by atoms with Crippen molar-refractivity contribution in [2.24, 2.45) is 0 Å². The molecule has 1 aliphatic rings. The Morgan fingerprint density at radius 1 is 1.46 bits per heavy atom. The fourth-order valence-corrected chi connectivity index (χ4v) is 4.29. The van der Waals surface area contributed by atoms with Crippen molar-refractivity contribution in [3.8, 4) is 5.75 Å². The van der Waals surface area contributed by atoms with E-state index in [9.17, 15) is 9.59 Å². The van der Waals surface area contributed by atoms with Gasteiger partial charge < -0.3 is 9.47 Å². The molecule has 0 aliphatic carbocycles. The fraction of sp³-hybridized carbons (Fsp3) is 0.500. The molecule has 3 rings (SSSR count). The quantitative estimate of drug-likeness (QED) is 0.716. The molecule has 1 amide bonds. The number of carbonyl (C=O) groups excluding carboxylic acids is 2. The number of nitrogens with zero attached hydrogens (tertiary/aromatic N) is 2. The van der Waals surface area contributed by atoms with E-state index >= 15 is 0 Å². The molecule has 2 aromatic rings. The van der Waals surface area contributed by atoms with Crippen LogP contribution in [-0.4, -0.2) is 47.6 Å². The second kappa shape index (κ2) is 8.83. The van der Waals surface area contributed by atoms with Gasteiger partial charge in [-0.2, -0.15) is 0 Å². The first kappa shape index (κ1) is 19.1. The highest BCUT2D eigenvalue weighted by atomic mass is 32.2. The zero-order chi connectivity index (χ0) is 18.5. The Morgan fingerprint density at radius 3 is 3.00 bits per heavy atom. The van der Waals surface area contributed by atoms with E-state index in [1.54, 1.807) is 4.90 Å². The zero-order valence-corrected chi connectivity index (χ0v) is 16.5. The van der Waals surface area contributed by atoms with E-state index in [1.807, 2.05) is 25.1 Å². The lowest BCUT2D eigenvalue weighted by Gasteiger charge is -2.22. The molecule has 2 heterocycles. The van der Waals surface area contributed by atoms with Gasteiger partial charge in [0.1, 0.15) is 5.75 Å². The van der Waals surface area contributed by atoms with Crippen molar-refractivity contribution in [3.05, 3.63) is 18.2 Å². The van der Waals surface area contributed by atoms with E-state index < -0.39 is 0 Å². The molecule has 0 saturated carbocycles. The molecule has 1 saturated heterocycles. The highest BCUT2D eigenvalue weighted by molar-refractivity contribution is 8.14.